The van der Waals surface area contributed by atoms with Gasteiger partial charge in [-0.2, -0.15) is 0 Å². The number of hydrogen-bond acceptors (Lipinski definition) is 6. The maximum atomic E-state index is 13.7. The first-order valence-corrected chi connectivity index (χ1v) is 15.3. The summed E-state index contributed by atoms with van der Waals surface area (Å²) in [6, 6.07) is 8.74. The molecule has 1 aliphatic carbocycles. The summed E-state index contributed by atoms with van der Waals surface area (Å²) >= 11 is 0. The highest BCUT2D eigenvalue weighted by Crippen LogP contribution is 2.30. The lowest BCUT2D eigenvalue weighted by atomic mass is 9.86. The van der Waals surface area contributed by atoms with Crippen LogP contribution in [0, 0.1) is 19.8 Å². The van der Waals surface area contributed by atoms with E-state index in [2.05, 4.69) is 32.8 Å². The van der Waals surface area contributed by atoms with Gasteiger partial charge in [-0.15, -0.1) is 0 Å². The molecule has 1 saturated heterocycles. The van der Waals surface area contributed by atoms with Crippen molar-refractivity contribution in [3.8, 4) is 5.75 Å². The fourth-order valence-corrected chi connectivity index (χ4v) is 6.69. The van der Waals surface area contributed by atoms with E-state index < -0.39 is 0 Å². The van der Waals surface area contributed by atoms with Crippen molar-refractivity contribution in [3.63, 3.8) is 0 Å². The van der Waals surface area contributed by atoms with Crippen molar-refractivity contribution in [2.75, 3.05) is 20.2 Å². The van der Waals surface area contributed by atoms with Gasteiger partial charge in [0.05, 0.1) is 24.1 Å². The van der Waals surface area contributed by atoms with Crippen LogP contribution in [0.25, 0.3) is 0 Å². The zero-order valence-electron chi connectivity index (χ0n) is 25.0. The highest BCUT2D eigenvalue weighted by Gasteiger charge is 2.31. The number of aromatic nitrogens is 2. The number of rotatable bonds is 12. The Balaban J connectivity index is 1.32. The van der Waals surface area contributed by atoms with Crippen molar-refractivity contribution in [1.82, 2.24) is 19.8 Å². The topological polar surface area (TPSA) is 75.6 Å². The molecule has 2 aliphatic rings. The van der Waals surface area contributed by atoms with Crippen LogP contribution in [0.3, 0.4) is 0 Å². The molecular formula is C33H48N4O3. The molecule has 0 bridgehead atoms. The molecule has 1 saturated carbocycles. The van der Waals surface area contributed by atoms with Gasteiger partial charge in [-0.05, 0) is 71.3 Å². The monoisotopic (exact) mass is 548 g/mol. The van der Waals surface area contributed by atoms with Crippen molar-refractivity contribution in [2.45, 2.75) is 110 Å². The van der Waals surface area contributed by atoms with Crippen molar-refractivity contribution in [3.05, 3.63) is 53.1 Å². The van der Waals surface area contributed by atoms with E-state index in [4.69, 9.17) is 4.74 Å². The molecule has 1 aromatic heterocycles. The number of nitrogens with zero attached hydrogens (tertiary/aromatic N) is 4. The summed E-state index contributed by atoms with van der Waals surface area (Å²) < 4.78 is 5.63. The lowest BCUT2D eigenvalue weighted by Crippen LogP contribution is -2.49. The first-order valence-electron chi connectivity index (χ1n) is 15.3. The molecule has 0 N–H and O–H groups in total. The van der Waals surface area contributed by atoms with E-state index >= 15 is 0 Å². The highest BCUT2D eigenvalue weighted by atomic mass is 16.5. The fraction of sp³-hybridized carbons (Fsp3) is 0.636. The SMILES string of the molecule is COc1ccccc1CN(C(=O)CC1CCCCC1)C1CCN(C(C)CCCC(=O)c2c(C)ncnc2C)CC1. The van der Waals surface area contributed by atoms with Gasteiger partial charge in [0.1, 0.15) is 12.1 Å². The first-order chi connectivity index (χ1) is 19.4. The van der Waals surface area contributed by atoms with E-state index in [1.165, 1.54) is 38.4 Å². The van der Waals surface area contributed by atoms with Gasteiger partial charge in [0.25, 0.3) is 0 Å². The quantitative estimate of drug-likeness (QED) is 0.290. The summed E-state index contributed by atoms with van der Waals surface area (Å²) in [5, 5.41) is 0. The Labute approximate surface area is 240 Å². The summed E-state index contributed by atoms with van der Waals surface area (Å²) in [7, 11) is 1.70. The van der Waals surface area contributed by atoms with Gasteiger partial charge < -0.3 is 14.5 Å². The first kappa shape index (κ1) is 30.2. The Morgan fingerprint density at radius 1 is 1.02 bits per heavy atom. The van der Waals surface area contributed by atoms with Crippen LogP contribution in [0.5, 0.6) is 5.75 Å². The van der Waals surface area contributed by atoms with Crippen molar-refractivity contribution >= 4 is 11.7 Å². The number of carbonyl (C=O) groups is 2. The lowest BCUT2D eigenvalue weighted by molar-refractivity contribution is -0.136. The third-order valence-corrected chi connectivity index (χ3v) is 9.14. The number of carbonyl (C=O) groups excluding carboxylic acids is 2. The molecule has 2 fully saturated rings. The molecule has 7 nitrogen and oxygen atoms in total. The predicted molar refractivity (Wildman–Crippen MR) is 158 cm³/mol. The number of ketones is 1. The smallest absolute Gasteiger partial charge is 0.223 e. The van der Waals surface area contributed by atoms with E-state index in [-0.39, 0.29) is 11.8 Å². The molecule has 0 spiro atoms. The average Bonchev–Trinajstić information content (AvgIpc) is 2.96. The zero-order valence-corrected chi connectivity index (χ0v) is 25.0. The number of methoxy groups -OCH3 is 1. The fourth-order valence-electron chi connectivity index (χ4n) is 6.69. The summed E-state index contributed by atoms with van der Waals surface area (Å²) in [5.41, 5.74) is 3.30. The van der Waals surface area contributed by atoms with Gasteiger partial charge in [-0.25, -0.2) is 9.97 Å². The summed E-state index contributed by atoms with van der Waals surface area (Å²) in [4.78, 5) is 39.7. The summed E-state index contributed by atoms with van der Waals surface area (Å²) in [6.07, 6.45) is 12.7. The molecule has 218 valence electrons. The Bertz CT molecular complexity index is 1100. The summed E-state index contributed by atoms with van der Waals surface area (Å²) in [6.45, 7) is 8.60. The van der Waals surface area contributed by atoms with Crippen LogP contribution >= 0.6 is 0 Å². The number of ether oxygens (including phenoxy) is 1. The van der Waals surface area contributed by atoms with Crippen LogP contribution in [0.15, 0.2) is 30.6 Å². The van der Waals surface area contributed by atoms with E-state index in [0.29, 0.717) is 42.8 Å². The van der Waals surface area contributed by atoms with Crippen LogP contribution in [0.1, 0.15) is 105 Å². The van der Waals surface area contributed by atoms with Crippen LogP contribution < -0.4 is 4.74 Å². The van der Waals surface area contributed by atoms with Crippen LogP contribution in [-0.4, -0.2) is 63.7 Å². The molecule has 1 amide bonds. The minimum atomic E-state index is 0.143. The number of para-hydroxylation sites is 1. The molecule has 7 heteroatoms. The summed E-state index contributed by atoms with van der Waals surface area (Å²) in [5.74, 6) is 1.83. The van der Waals surface area contributed by atoms with Crippen LogP contribution in [0.4, 0.5) is 0 Å². The largest absolute Gasteiger partial charge is 0.496 e. The Morgan fingerprint density at radius 2 is 1.70 bits per heavy atom. The van der Waals surface area contributed by atoms with E-state index in [1.54, 1.807) is 7.11 Å². The third-order valence-electron chi connectivity index (χ3n) is 9.14. The molecular weight excluding hydrogens is 500 g/mol. The van der Waals surface area contributed by atoms with Crippen molar-refractivity contribution in [2.24, 2.45) is 5.92 Å². The Kier molecular flexibility index (Phi) is 11.1. The van der Waals surface area contributed by atoms with E-state index in [0.717, 1.165) is 61.5 Å². The second-order valence-electron chi connectivity index (χ2n) is 11.9. The Hall–Kier alpha value is -2.80. The maximum Gasteiger partial charge on any atom is 0.223 e. The molecule has 1 aromatic carbocycles. The number of likely N-dealkylation sites (tertiary alicyclic amines) is 1. The molecule has 1 aliphatic heterocycles. The van der Waals surface area contributed by atoms with Gasteiger partial charge in [0, 0.05) is 50.1 Å². The number of piperidine rings is 1. The minimum absolute atomic E-state index is 0.143. The average molecular weight is 549 g/mol. The second kappa shape index (κ2) is 14.7. The molecule has 2 heterocycles. The van der Waals surface area contributed by atoms with Crippen molar-refractivity contribution in [1.29, 1.82) is 0 Å². The van der Waals surface area contributed by atoms with E-state index in [9.17, 15) is 9.59 Å². The van der Waals surface area contributed by atoms with Crippen LogP contribution in [-0.2, 0) is 11.3 Å². The number of aryl methyl sites for hydroxylation is 2. The normalized spacial score (nSPS) is 17.9. The number of Topliss-reactive ketones (excluding diaryl/α,β-unsaturated/α-hetero) is 1. The molecule has 0 radical (unpaired) electrons. The zero-order chi connectivity index (χ0) is 28.5. The van der Waals surface area contributed by atoms with Crippen molar-refractivity contribution < 1.29 is 14.3 Å². The van der Waals surface area contributed by atoms with Gasteiger partial charge in [-0.1, -0.05) is 37.5 Å². The minimum Gasteiger partial charge on any atom is -0.496 e. The molecule has 4 rings (SSSR count). The standard InChI is InChI=1S/C33H48N4O3/c1-24(11-10-15-30(38)33-25(2)34-23-35-26(33)3)36-19-17-29(18-20-36)37(22-28-14-8-9-16-31(28)40-4)32(39)21-27-12-6-5-7-13-27/h8-9,14,16,23-24,27,29H,5-7,10-13,15,17-22H2,1-4H3. The molecule has 1 atom stereocenters. The van der Waals surface area contributed by atoms with Crippen LogP contribution in [0.2, 0.25) is 0 Å². The van der Waals surface area contributed by atoms with Gasteiger partial charge >= 0.3 is 0 Å². The van der Waals surface area contributed by atoms with Gasteiger partial charge in [0.15, 0.2) is 5.78 Å². The second-order valence-corrected chi connectivity index (χ2v) is 11.9. The predicted octanol–water partition coefficient (Wildman–Crippen LogP) is 6.31. The molecule has 40 heavy (non-hydrogen) atoms. The van der Waals surface area contributed by atoms with Gasteiger partial charge in [-0.3, -0.25) is 9.59 Å². The Morgan fingerprint density at radius 3 is 2.38 bits per heavy atom. The molecule has 1 unspecified atom stereocenters. The highest BCUT2D eigenvalue weighted by molar-refractivity contribution is 5.97. The number of benzene rings is 1. The third kappa shape index (κ3) is 7.90. The maximum absolute atomic E-state index is 13.7. The number of amides is 1. The van der Waals surface area contributed by atoms with E-state index in [1.807, 2.05) is 32.0 Å². The number of hydrogen-bond donors (Lipinski definition) is 0. The lowest BCUT2D eigenvalue weighted by Gasteiger charge is -2.41. The molecule has 2 aromatic rings. The van der Waals surface area contributed by atoms with Gasteiger partial charge in [0.2, 0.25) is 5.91 Å².